The van der Waals surface area contributed by atoms with Crippen molar-refractivity contribution in [2.24, 2.45) is 0 Å². The molecule has 0 saturated heterocycles. The highest BCUT2D eigenvalue weighted by molar-refractivity contribution is 5.78. The van der Waals surface area contributed by atoms with E-state index in [1.807, 2.05) is 0 Å². The van der Waals surface area contributed by atoms with Gasteiger partial charge in [-0.25, -0.2) is 4.79 Å². The third-order valence-corrected chi connectivity index (χ3v) is 2.97. The number of aliphatic hydroxyl groups is 1. The van der Waals surface area contributed by atoms with Crippen LogP contribution in [0.25, 0.3) is 0 Å². The van der Waals surface area contributed by atoms with Crippen LogP contribution in [-0.2, 0) is 20.9 Å². The molecule has 0 aromatic heterocycles. The van der Waals surface area contributed by atoms with Gasteiger partial charge in [-0.05, 0) is 24.5 Å². The third-order valence-electron chi connectivity index (χ3n) is 2.97. The van der Waals surface area contributed by atoms with Gasteiger partial charge in [-0.1, -0.05) is 43.8 Å². The summed E-state index contributed by atoms with van der Waals surface area (Å²) in [6.45, 7) is 6.01. The van der Waals surface area contributed by atoms with Crippen LogP contribution in [0.5, 0.6) is 0 Å². The second-order valence-corrected chi connectivity index (χ2v) is 4.92. The summed E-state index contributed by atoms with van der Waals surface area (Å²) in [6.07, 6.45) is -3.52. The van der Waals surface area contributed by atoms with Crippen LogP contribution in [0.3, 0.4) is 0 Å². The highest BCUT2D eigenvalue weighted by Gasteiger charge is 2.49. The SMILES string of the molecule is C=C(C)C(O)OC(CC)C(F)(F)C(=O)OCc1ccccc1. The van der Waals surface area contributed by atoms with Crippen molar-refractivity contribution in [1.29, 1.82) is 0 Å². The molecular weight excluding hydrogens is 294 g/mol. The Bertz CT molecular complexity index is 502. The fourth-order valence-electron chi connectivity index (χ4n) is 1.66. The van der Waals surface area contributed by atoms with Crippen molar-refractivity contribution in [2.75, 3.05) is 0 Å². The minimum Gasteiger partial charge on any atom is -0.456 e. The number of benzene rings is 1. The lowest BCUT2D eigenvalue weighted by Crippen LogP contribution is -2.45. The van der Waals surface area contributed by atoms with Crippen LogP contribution in [0, 0.1) is 0 Å². The number of alkyl halides is 2. The first-order valence-electron chi connectivity index (χ1n) is 6.86. The van der Waals surface area contributed by atoms with E-state index >= 15 is 0 Å². The first-order valence-corrected chi connectivity index (χ1v) is 6.86. The molecule has 0 amide bonds. The van der Waals surface area contributed by atoms with Crippen molar-refractivity contribution in [1.82, 2.24) is 0 Å². The maximum atomic E-state index is 14.1. The normalized spacial score (nSPS) is 14.2. The Morgan fingerprint density at radius 1 is 1.36 bits per heavy atom. The molecule has 2 unspecified atom stereocenters. The number of esters is 1. The summed E-state index contributed by atoms with van der Waals surface area (Å²) >= 11 is 0. The van der Waals surface area contributed by atoms with Crippen molar-refractivity contribution in [3.8, 4) is 0 Å². The summed E-state index contributed by atoms with van der Waals surface area (Å²) in [7, 11) is 0. The second kappa shape index (κ2) is 8.00. The van der Waals surface area contributed by atoms with Gasteiger partial charge in [0.15, 0.2) is 6.29 Å². The molecule has 0 aliphatic carbocycles. The monoisotopic (exact) mass is 314 g/mol. The van der Waals surface area contributed by atoms with Gasteiger partial charge in [0, 0.05) is 0 Å². The van der Waals surface area contributed by atoms with Gasteiger partial charge < -0.3 is 14.6 Å². The van der Waals surface area contributed by atoms with E-state index < -0.39 is 24.3 Å². The summed E-state index contributed by atoms with van der Waals surface area (Å²) in [5, 5.41) is 9.47. The summed E-state index contributed by atoms with van der Waals surface area (Å²) in [5.41, 5.74) is 0.773. The Balaban J connectivity index is 2.68. The smallest absolute Gasteiger partial charge is 0.380 e. The van der Waals surface area contributed by atoms with Crippen LogP contribution >= 0.6 is 0 Å². The van der Waals surface area contributed by atoms with Crippen LogP contribution in [0.4, 0.5) is 8.78 Å². The van der Waals surface area contributed by atoms with Gasteiger partial charge in [-0.3, -0.25) is 0 Å². The molecule has 2 atom stereocenters. The molecule has 4 nitrogen and oxygen atoms in total. The number of aliphatic hydroxyl groups excluding tert-OH is 1. The standard InChI is InChI=1S/C16H20F2O4/c1-4-13(22-14(19)11(2)3)16(17,18)15(20)21-10-12-8-6-5-7-9-12/h5-9,13-14,19H,2,4,10H2,1,3H3. The van der Waals surface area contributed by atoms with E-state index in [1.165, 1.54) is 13.8 Å². The van der Waals surface area contributed by atoms with E-state index in [0.29, 0.717) is 5.56 Å². The molecule has 0 aliphatic rings. The van der Waals surface area contributed by atoms with Crippen molar-refractivity contribution in [3.63, 3.8) is 0 Å². The van der Waals surface area contributed by atoms with Crippen LogP contribution < -0.4 is 0 Å². The first-order chi connectivity index (χ1) is 10.3. The lowest BCUT2D eigenvalue weighted by atomic mass is 10.1. The molecule has 0 spiro atoms. The minimum atomic E-state index is -3.86. The van der Waals surface area contributed by atoms with E-state index in [0.717, 1.165) is 0 Å². The third kappa shape index (κ3) is 4.89. The fraction of sp³-hybridized carbons (Fsp3) is 0.438. The highest BCUT2D eigenvalue weighted by atomic mass is 19.3. The molecule has 6 heteroatoms. The number of hydrogen-bond donors (Lipinski definition) is 1. The van der Waals surface area contributed by atoms with Crippen molar-refractivity contribution in [2.45, 2.75) is 45.2 Å². The van der Waals surface area contributed by atoms with Crippen molar-refractivity contribution >= 4 is 5.97 Å². The predicted octanol–water partition coefficient (Wildman–Crippen LogP) is 3.05. The predicted molar refractivity (Wildman–Crippen MR) is 77.2 cm³/mol. The van der Waals surface area contributed by atoms with Gasteiger partial charge in [0.2, 0.25) is 0 Å². The van der Waals surface area contributed by atoms with E-state index in [1.54, 1.807) is 30.3 Å². The Labute approximate surface area is 128 Å². The Hall–Kier alpha value is -1.79. The van der Waals surface area contributed by atoms with Crippen LogP contribution in [-0.4, -0.2) is 29.4 Å². The van der Waals surface area contributed by atoms with Gasteiger partial charge in [0.1, 0.15) is 12.7 Å². The van der Waals surface area contributed by atoms with E-state index in [2.05, 4.69) is 11.3 Å². The minimum absolute atomic E-state index is 0.169. The highest BCUT2D eigenvalue weighted by Crippen LogP contribution is 2.27. The summed E-state index contributed by atoms with van der Waals surface area (Å²) in [5.74, 6) is -5.54. The average Bonchev–Trinajstić information content (AvgIpc) is 2.50. The Kier molecular flexibility index (Phi) is 6.64. The van der Waals surface area contributed by atoms with E-state index in [-0.39, 0.29) is 18.6 Å². The molecule has 0 aliphatic heterocycles. The largest absolute Gasteiger partial charge is 0.456 e. The molecule has 22 heavy (non-hydrogen) atoms. The average molecular weight is 314 g/mol. The lowest BCUT2D eigenvalue weighted by Gasteiger charge is -2.26. The maximum Gasteiger partial charge on any atom is 0.380 e. The van der Waals surface area contributed by atoms with Crippen LogP contribution in [0.15, 0.2) is 42.5 Å². The number of carbonyl (C=O) groups is 1. The fourth-order valence-corrected chi connectivity index (χ4v) is 1.66. The van der Waals surface area contributed by atoms with Gasteiger partial charge in [-0.2, -0.15) is 8.78 Å². The topological polar surface area (TPSA) is 55.8 Å². The zero-order valence-electron chi connectivity index (χ0n) is 12.6. The zero-order chi connectivity index (χ0) is 16.8. The molecule has 0 saturated carbocycles. The molecule has 1 rings (SSSR count). The molecule has 122 valence electrons. The molecule has 1 aromatic carbocycles. The van der Waals surface area contributed by atoms with E-state index in [4.69, 9.17) is 4.74 Å². The molecule has 1 aromatic rings. The summed E-state index contributed by atoms with van der Waals surface area (Å²) in [4.78, 5) is 11.6. The number of carbonyl (C=O) groups excluding carboxylic acids is 1. The van der Waals surface area contributed by atoms with E-state index in [9.17, 15) is 18.7 Å². The Morgan fingerprint density at radius 2 is 1.95 bits per heavy atom. The van der Waals surface area contributed by atoms with Gasteiger partial charge in [-0.15, -0.1) is 0 Å². The maximum absolute atomic E-state index is 14.1. The molecule has 0 bridgehead atoms. The van der Waals surface area contributed by atoms with Crippen LogP contribution in [0.2, 0.25) is 0 Å². The van der Waals surface area contributed by atoms with Crippen LogP contribution in [0.1, 0.15) is 25.8 Å². The molecular formula is C16H20F2O4. The molecule has 0 fully saturated rings. The zero-order valence-corrected chi connectivity index (χ0v) is 12.6. The summed E-state index contributed by atoms with van der Waals surface area (Å²) in [6, 6.07) is 8.50. The Morgan fingerprint density at radius 3 is 2.45 bits per heavy atom. The molecule has 0 heterocycles. The van der Waals surface area contributed by atoms with Gasteiger partial charge >= 0.3 is 11.9 Å². The molecule has 1 N–H and O–H groups in total. The number of rotatable bonds is 8. The quantitative estimate of drug-likeness (QED) is 0.455. The molecule has 0 radical (unpaired) electrons. The van der Waals surface area contributed by atoms with Gasteiger partial charge in [0.05, 0.1) is 0 Å². The lowest BCUT2D eigenvalue weighted by molar-refractivity contribution is -0.218. The second-order valence-electron chi connectivity index (χ2n) is 4.92. The van der Waals surface area contributed by atoms with Crippen molar-refractivity contribution in [3.05, 3.63) is 48.0 Å². The number of halogens is 2. The van der Waals surface area contributed by atoms with Gasteiger partial charge in [0.25, 0.3) is 0 Å². The van der Waals surface area contributed by atoms with Crippen molar-refractivity contribution < 1.29 is 28.2 Å². The summed E-state index contributed by atoms with van der Waals surface area (Å²) < 4.78 is 37.6. The first kappa shape index (κ1) is 18.3. The number of ether oxygens (including phenoxy) is 2. The number of hydrogen-bond acceptors (Lipinski definition) is 4.